The van der Waals surface area contributed by atoms with Gasteiger partial charge in [-0.05, 0) is 93.0 Å². The van der Waals surface area contributed by atoms with Crippen molar-refractivity contribution in [1.29, 1.82) is 0 Å². The molecule has 0 radical (unpaired) electrons. The molecule has 0 unspecified atom stereocenters. The zero-order valence-corrected chi connectivity index (χ0v) is 29.5. The van der Waals surface area contributed by atoms with Crippen LogP contribution in [-0.4, -0.2) is 20.5 Å². The molecule has 8 aromatic rings. The van der Waals surface area contributed by atoms with Gasteiger partial charge in [-0.2, -0.15) is 0 Å². The minimum atomic E-state index is -2.56. The number of rotatable bonds is 6. The normalized spacial score (nSPS) is 14.7. The van der Waals surface area contributed by atoms with Gasteiger partial charge in [-0.15, -0.1) is 0 Å². The standard InChI is InChI=1S/C47H39N5O/c1-31-12-10-13-32(2)46(31)39-16-6-7-17-40(39)51-30-50(41-18-8-9-19-42(41)51)34-14-11-15-35(27-34)53-36-20-21-37-38-23-24-48-29-44(38)52(43(37)28-36)45-26-33(22-25-49-45)47(3,4)5/h6-29H,1-5H3/q+2/i1D3,2D3. The van der Waals surface area contributed by atoms with Crippen molar-refractivity contribution in [2.75, 3.05) is 0 Å². The molecule has 0 fully saturated rings. The Kier molecular flexibility index (Phi) is 6.21. The first kappa shape index (κ1) is 26.2. The minimum Gasteiger partial charge on any atom is -0.457 e. The van der Waals surface area contributed by atoms with Gasteiger partial charge in [-0.3, -0.25) is 9.55 Å². The highest BCUT2D eigenvalue weighted by Crippen LogP contribution is 2.42. The molecular formula is C47H39N5O+2. The van der Waals surface area contributed by atoms with Gasteiger partial charge >= 0.3 is 6.01 Å². The number of pyridine rings is 2. The summed E-state index contributed by atoms with van der Waals surface area (Å²) in [4.78, 5) is 9.24. The average molecular weight is 696 g/mol. The molecule has 0 N–H and O–H groups in total. The molecule has 1 aliphatic rings. The van der Waals surface area contributed by atoms with Crippen LogP contribution in [0, 0.1) is 13.7 Å². The average Bonchev–Trinajstić information content (AvgIpc) is 3.76. The second-order valence-electron chi connectivity index (χ2n) is 14.2. The highest BCUT2D eigenvalue weighted by atomic mass is 16.5. The van der Waals surface area contributed by atoms with Gasteiger partial charge in [0.2, 0.25) is 11.4 Å². The highest BCUT2D eigenvalue weighted by molar-refractivity contribution is 6.09. The van der Waals surface area contributed by atoms with Gasteiger partial charge in [-0.1, -0.05) is 69.3 Å². The van der Waals surface area contributed by atoms with Crippen LogP contribution in [0.1, 0.15) is 45.7 Å². The van der Waals surface area contributed by atoms with Gasteiger partial charge in [0.1, 0.15) is 17.3 Å². The lowest BCUT2D eigenvalue weighted by atomic mass is 9.88. The molecule has 0 bridgehead atoms. The van der Waals surface area contributed by atoms with Gasteiger partial charge < -0.3 is 4.74 Å². The highest BCUT2D eigenvalue weighted by Gasteiger charge is 2.37. The van der Waals surface area contributed by atoms with E-state index >= 15 is 0 Å². The van der Waals surface area contributed by atoms with E-state index < -0.39 is 13.7 Å². The van der Waals surface area contributed by atoms with Gasteiger partial charge in [0.05, 0.1) is 28.9 Å². The number of aryl methyl sites for hydroxylation is 2. The van der Waals surface area contributed by atoms with Crippen LogP contribution in [0.4, 0.5) is 22.7 Å². The summed E-state index contributed by atoms with van der Waals surface area (Å²) in [6.45, 7) is 1.45. The third-order valence-electron chi connectivity index (χ3n) is 9.74. The van der Waals surface area contributed by atoms with E-state index in [2.05, 4.69) is 54.5 Å². The first-order valence-corrected chi connectivity index (χ1v) is 17.5. The van der Waals surface area contributed by atoms with Crippen LogP contribution in [-0.2, 0) is 5.41 Å². The number of para-hydroxylation sites is 3. The van der Waals surface area contributed by atoms with Crippen LogP contribution in [0.25, 0.3) is 38.8 Å². The molecule has 5 aromatic carbocycles. The number of benzene rings is 5. The summed E-state index contributed by atoms with van der Waals surface area (Å²) in [5.74, 6) is 2.04. The molecule has 1 aliphatic heterocycles. The van der Waals surface area contributed by atoms with Crippen molar-refractivity contribution in [1.82, 2.24) is 23.7 Å². The van der Waals surface area contributed by atoms with Crippen LogP contribution >= 0.6 is 0 Å². The molecule has 4 heterocycles. The second kappa shape index (κ2) is 12.6. The quantitative estimate of drug-likeness (QED) is 0.163. The predicted octanol–water partition coefficient (Wildman–Crippen LogP) is 11.8. The summed E-state index contributed by atoms with van der Waals surface area (Å²) in [7, 11) is 0. The van der Waals surface area contributed by atoms with Gasteiger partial charge in [0.15, 0.2) is 0 Å². The Morgan fingerprint density at radius 3 is 2.17 bits per heavy atom. The van der Waals surface area contributed by atoms with Gasteiger partial charge in [0.25, 0.3) is 11.4 Å². The molecular weight excluding hydrogens is 651 g/mol. The first-order valence-electron chi connectivity index (χ1n) is 20.5. The maximum Gasteiger partial charge on any atom is 0.503 e. The summed E-state index contributed by atoms with van der Waals surface area (Å²) >= 11 is 0. The molecule has 6 heteroatoms. The molecule has 53 heavy (non-hydrogen) atoms. The summed E-state index contributed by atoms with van der Waals surface area (Å²) in [6.07, 6.45) is 5.52. The molecule has 6 nitrogen and oxygen atoms in total. The molecule has 0 saturated heterocycles. The molecule has 9 rings (SSSR count). The molecule has 256 valence electrons. The molecule has 0 atom stereocenters. The zero-order valence-electron chi connectivity index (χ0n) is 35.5. The fourth-order valence-corrected chi connectivity index (χ4v) is 7.14. The Labute approximate surface area is 317 Å². The van der Waals surface area contributed by atoms with Crippen molar-refractivity contribution in [3.63, 3.8) is 0 Å². The summed E-state index contributed by atoms with van der Waals surface area (Å²) < 4.78 is 62.5. The number of nitrogens with zero attached hydrogens (tertiary/aromatic N) is 5. The van der Waals surface area contributed by atoms with Crippen molar-refractivity contribution in [2.24, 2.45) is 0 Å². The zero-order chi connectivity index (χ0) is 41.3. The van der Waals surface area contributed by atoms with Crippen molar-refractivity contribution in [3.05, 3.63) is 163 Å². The molecule has 0 amide bonds. The summed E-state index contributed by atoms with van der Waals surface area (Å²) in [5, 5.41) is 2.12. The maximum atomic E-state index is 8.34. The number of ether oxygens (including phenoxy) is 1. The third-order valence-corrected chi connectivity index (χ3v) is 9.74. The number of aromatic nitrogens is 3. The summed E-state index contributed by atoms with van der Waals surface area (Å²) in [5.41, 5.74) is 6.52. The van der Waals surface area contributed by atoms with Gasteiger partial charge in [-0.25, -0.2) is 4.98 Å². The second-order valence-corrected chi connectivity index (χ2v) is 14.2. The third kappa shape index (κ3) is 5.61. The van der Waals surface area contributed by atoms with E-state index in [1.54, 1.807) is 18.3 Å². The first-order chi connectivity index (χ1) is 28.2. The van der Waals surface area contributed by atoms with E-state index in [4.69, 9.17) is 17.9 Å². The Hall–Kier alpha value is -6.62. The van der Waals surface area contributed by atoms with E-state index in [0.717, 1.165) is 44.7 Å². The maximum absolute atomic E-state index is 8.34. The Morgan fingerprint density at radius 2 is 1.38 bits per heavy atom. The predicted molar refractivity (Wildman–Crippen MR) is 217 cm³/mol. The Morgan fingerprint density at radius 1 is 0.660 bits per heavy atom. The summed E-state index contributed by atoms with van der Waals surface area (Å²) in [6, 6.07) is 43.0. The lowest BCUT2D eigenvalue weighted by Crippen LogP contribution is -2.12. The van der Waals surface area contributed by atoms with Crippen LogP contribution in [0.2, 0.25) is 0 Å². The topological polar surface area (TPSA) is 46.0 Å². The van der Waals surface area contributed by atoms with E-state index in [1.165, 1.54) is 23.8 Å². The molecule has 0 spiro atoms. The molecule has 3 aromatic heterocycles. The fraction of sp³-hybridized carbons (Fsp3) is 0.128. The monoisotopic (exact) mass is 695 g/mol. The lowest BCUT2D eigenvalue weighted by Gasteiger charge is -2.20. The SMILES string of the molecule is [2H]C([2H])([2H])c1cccc(C([2H])([2H])[2H])c1-c1ccccc1[N+]1=C=[N+](c2cccc(Oc3ccc4c5ccncc5n(-c5cc(C(C)(C)C)ccn5)c4c3)c2)c2ccccc21. The van der Waals surface area contributed by atoms with Crippen molar-refractivity contribution in [3.8, 4) is 28.4 Å². The number of hydrogen-bond donors (Lipinski definition) is 0. The molecule has 0 aliphatic carbocycles. The number of fused-ring (bicyclic) bond motifs is 4. The van der Waals surface area contributed by atoms with E-state index in [1.807, 2.05) is 100 Å². The van der Waals surface area contributed by atoms with Crippen molar-refractivity contribution < 1.29 is 13.0 Å². The molecule has 0 saturated carbocycles. The van der Waals surface area contributed by atoms with Gasteiger partial charge in [0, 0.05) is 61.7 Å². The van der Waals surface area contributed by atoms with Crippen LogP contribution in [0.5, 0.6) is 11.5 Å². The van der Waals surface area contributed by atoms with E-state index in [0.29, 0.717) is 22.7 Å². The largest absolute Gasteiger partial charge is 0.503 e. The van der Waals surface area contributed by atoms with Crippen LogP contribution in [0.3, 0.4) is 0 Å². The Balaban J connectivity index is 1.15. The van der Waals surface area contributed by atoms with Crippen molar-refractivity contribution in [2.45, 2.75) is 39.9 Å². The van der Waals surface area contributed by atoms with Crippen molar-refractivity contribution >= 4 is 50.6 Å². The fourth-order valence-electron chi connectivity index (χ4n) is 7.14. The van der Waals surface area contributed by atoms with Crippen LogP contribution < -0.4 is 13.9 Å². The van der Waals surface area contributed by atoms with E-state index in [-0.39, 0.29) is 22.1 Å². The van der Waals surface area contributed by atoms with Crippen LogP contribution in [0.15, 0.2) is 146 Å². The van der Waals surface area contributed by atoms with E-state index in [9.17, 15) is 0 Å². The smallest absolute Gasteiger partial charge is 0.457 e. The number of hydrogen-bond acceptors (Lipinski definition) is 3. The minimum absolute atomic E-state index is 0.0299. The lowest BCUT2D eigenvalue weighted by molar-refractivity contribution is 0.483. The Bertz CT molecular complexity index is 3010.